The number of hydrogen-bond acceptors (Lipinski definition) is 3. The van der Waals surface area contributed by atoms with Crippen molar-refractivity contribution in [1.82, 2.24) is 9.80 Å². The monoisotopic (exact) mass is 276 g/mol. The van der Waals surface area contributed by atoms with Gasteiger partial charge in [-0.15, -0.1) is 0 Å². The number of aliphatic carboxylic acids is 1. The largest absolute Gasteiger partial charge is 0.481 e. The summed E-state index contributed by atoms with van der Waals surface area (Å²) in [6, 6.07) is 11.0. The van der Waals surface area contributed by atoms with Crippen LogP contribution in [0.5, 0.6) is 0 Å². The predicted molar refractivity (Wildman–Crippen MR) is 79.6 cm³/mol. The first-order valence-corrected chi connectivity index (χ1v) is 7.25. The molecule has 4 nitrogen and oxygen atoms in total. The van der Waals surface area contributed by atoms with Crippen molar-refractivity contribution >= 4 is 5.97 Å². The number of likely N-dealkylation sites (N-methyl/N-ethyl adjacent to an activating group) is 1. The first-order chi connectivity index (χ1) is 9.56. The van der Waals surface area contributed by atoms with Gasteiger partial charge >= 0.3 is 5.97 Å². The average molecular weight is 276 g/mol. The molecule has 1 N–H and O–H groups in total. The first kappa shape index (κ1) is 15.0. The molecule has 1 aliphatic heterocycles. The van der Waals surface area contributed by atoms with Crippen LogP contribution in [0.3, 0.4) is 0 Å². The third-order valence-corrected chi connectivity index (χ3v) is 4.10. The lowest BCUT2D eigenvalue weighted by molar-refractivity contribution is -0.141. The molecule has 2 rings (SSSR count). The molecule has 1 aromatic rings. The molecule has 0 aliphatic carbocycles. The van der Waals surface area contributed by atoms with E-state index in [4.69, 9.17) is 5.11 Å². The molecule has 1 fully saturated rings. The Bertz CT molecular complexity index is 435. The topological polar surface area (TPSA) is 43.8 Å². The van der Waals surface area contributed by atoms with Crippen LogP contribution < -0.4 is 0 Å². The van der Waals surface area contributed by atoms with Gasteiger partial charge in [-0.2, -0.15) is 0 Å². The highest BCUT2D eigenvalue weighted by molar-refractivity contribution is 5.69. The third-order valence-electron chi connectivity index (χ3n) is 4.10. The normalized spacial score (nSPS) is 21.2. The highest BCUT2D eigenvalue weighted by Gasteiger charge is 2.27. The van der Waals surface area contributed by atoms with E-state index in [9.17, 15) is 4.79 Å². The van der Waals surface area contributed by atoms with Crippen molar-refractivity contribution in [2.24, 2.45) is 5.92 Å². The molecule has 0 spiro atoms. The van der Waals surface area contributed by atoms with Gasteiger partial charge in [-0.05, 0) is 19.0 Å². The Morgan fingerprint density at radius 3 is 2.80 bits per heavy atom. The number of carboxylic acid groups (broad SMARTS) is 1. The number of benzene rings is 1. The number of likely N-dealkylation sites (tertiary alicyclic amines) is 1. The summed E-state index contributed by atoms with van der Waals surface area (Å²) in [5.41, 5.74) is 1.34. The summed E-state index contributed by atoms with van der Waals surface area (Å²) in [7, 11) is 2.04. The second-order valence-corrected chi connectivity index (χ2v) is 5.84. The molecule has 1 aliphatic rings. The minimum atomic E-state index is -0.712. The summed E-state index contributed by atoms with van der Waals surface area (Å²) in [5, 5.41) is 8.98. The van der Waals surface area contributed by atoms with Crippen LogP contribution >= 0.6 is 0 Å². The number of rotatable bonds is 6. The van der Waals surface area contributed by atoms with Gasteiger partial charge in [0, 0.05) is 32.2 Å². The lowest BCUT2D eigenvalue weighted by Gasteiger charge is -2.26. The number of hydrogen-bond donors (Lipinski definition) is 1. The maximum Gasteiger partial charge on any atom is 0.307 e. The molecule has 0 radical (unpaired) electrons. The SMILES string of the molecule is CC(CN(C)C1CCN(Cc2ccccc2)C1)C(=O)O. The van der Waals surface area contributed by atoms with E-state index < -0.39 is 5.97 Å². The first-order valence-electron chi connectivity index (χ1n) is 7.25. The number of carbonyl (C=O) groups is 1. The Morgan fingerprint density at radius 1 is 1.45 bits per heavy atom. The molecule has 4 heteroatoms. The third kappa shape index (κ3) is 4.05. The van der Waals surface area contributed by atoms with Crippen molar-refractivity contribution < 1.29 is 9.90 Å². The van der Waals surface area contributed by atoms with Gasteiger partial charge in [0.05, 0.1) is 5.92 Å². The summed E-state index contributed by atoms with van der Waals surface area (Å²) in [6.07, 6.45) is 1.12. The molecule has 110 valence electrons. The molecular formula is C16H24N2O2. The van der Waals surface area contributed by atoms with Gasteiger partial charge in [0.2, 0.25) is 0 Å². The van der Waals surface area contributed by atoms with Gasteiger partial charge in [-0.3, -0.25) is 9.69 Å². The van der Waals surface area contributed by atoms with Crippen LogP contribution in [0.1, 0.15) is 18.9 Å². The van der Waals surface area contributed by atoms with Crippen molar-refractivity contribution in [2.45, 2.75) is 25.9 Å². The van der Waals surface area contributed by atoms with E-state index in [0.29, 0.717) is 12.6 Å². The second kappa shape index (κ2) is 6.86. The van der Waals surface area contributed by atoms with E-state index in [1.165, 1.54) is 5.56 Å². The van der Waals surface area contributed by atoms with Crippen molar-refractivity contribution in [3.05, 3.63) is 35.9 Å². The summed E-state index contributed by atoms with van der Waals surface area (Å²) >= 11 is 0. The summed E-state index contributed by atoms with van der Waals surface area (Å²) < 4.78 is 0. The van der Waals surface area contributed by atoms with Gasteiger partial charge in [0.15, 0.2) is 0 Å². The molecule has 1 aromatic carbocycles. The Labute approximate surface area is 121 Å². The van der Waals surface area contributed by atoms with Crippen LogP contribution in [0.15, 0.2) is 30.3 Å². The molecule has 0 bridgehead atoms. The van der Waals surface area contributed by atoms with E-state index >= 15 is 0 Å². The van der Waals surface area contributed by atoms with Crippen molar-refractivity contribution in [1.29, 1.82) is 0 Å². The van der Waals surface area contributed by atoms with Crippen molar-refractivity contribution in [2.75, 3.05) is 26.7 Å². The fourth-order valence-corrected chi connectivity index (χ4v) is 2.82. The minimum absolute atomic E-state index is 0.303. The molecule has 2 atom stereocenters. The van der Waals surface area contributed by atoms with E-state index in [0.717, 1.165) is 26.1 Å². The van der Waals surface area contributed by atoms with Crippen LogP contribution in [-0.2, 0) is 11.3 Å². The standard InChI is InChI=1S/C16H24N2O2/c1-13(16(19)20)10-17(2)15-8-9-18(12-15)11-14-6-4-3-5-7-14/h3-7,13,15H,8-12H2,1-2H3,(H,19,20). The summed E-state index contributed by atoms with van der Waals surface area (Å²) in [4.78, 5) is 15.6. The van der Waals surface area contributed by atoms with E-state index in [-0.39, 0.29) is 5.92 Å². The van der Waals surface area contributed by atoms with E-state index in [1.807, 2.05) is 13.1 Å². The fraction of sp³-hybridized carbons (Fsp3) is 0.562. The van der Waals surface area contributed by atoms with Crippen LogP contribution in [0, 0.1) is 5.92 Å². The smallest absolute Gasteiger partial charge is 0.307 e. The molecular weight excluding hydrogens is 252 g/mol. The zero-order valence-corrected chi connectivity index (χ0v) is 12.3. The Balaban J connectivity index is 1.81. The molecule has 1 saturated heterocycles. The number of carboxylic acids is 1. The van der Waals surface area contributed by atoms with Crippen LogP contribution in [0.4, 0.5) is 0 Å². The fourth-order valence-electron chi connectivity index (χ4n) is 2.82. The van der Waals surface area contributed by atoms with Crippen molar-refractivity contribution in [3.63, 3.8) is 0 Å². The zero-order chi connectivity index (χ0) is 14.5. The molecule has 20 heavy (non-hydrogen) atoms. The Kier molecular flexibility index (Phi) is 5.15. The van der Waals surface area contributed by atoms with Gasteiger partial charge in [0.25, 0.3) is 0 Å². The summed E-state index contributed by atoms with van der Waals surface area (Å²) in [5.74, 6) is -1.01. The molecule has 1 heterocycles. The Morgan fingerprint density at radius 2 is 2.15 bits per heavy atom. The van der Waals surface area contributed by atoms with Gasteiger partial charge in [0.1, 0.15) is 0 Å². The highest BCUT2D eigenvalue weighted by Crippen LogP contribution is 2.18. The van der Waals surface area contributed by atoms with E-state index in [2.05, 4.69) is 34.1 Å². The Hall–Kier alpha value is -1.39. The quantitative estimate of drug-likeness (QED) is 0.862. The van der Waals surface area contributed by atoms with Gasteiger partial charge in [-0.1, -0.05) is 37.3 Å². The molecule has 0 saturated carbocycles. The van der Waals surface area contributed by atoms with E-state index in [1.54, 1.807) is 6.92 Å². The highest BCUT2D eigenvalue weighted by atomic mass is 16.4. The minimum Gasteiger partial charge on any atom is -0.481 e. The summed E-state index contributed by atoms with van der Waals surface area (Å²) in [6.45, 7) is 5.50. The average Bonchev–Trinajstić information content (AvgIpc) is 2.88. The van der Waals surface area contributed by atoms with Crippen LogP contribution in [-0.4, -0.2) is 53.6 Å². The van der Waals surface area contributed by atoms with Crippen LogP contribution in [0.25, 0.3) is 0 Å². The van der Waals surface area contributed by atoms with Crippen LogP contribution in [0.2, 0.25) is 0 Å². The maximum absolute atomic E-state index is 10.9. The zero-order valence-electron chi connectivity index (χ0n) is 12.3. The van der Waals surface area contributed by atoms with Gasteiger partial charge in [-0.25, -0.2) is 0 Å². The molecule has 0 aromatic heterocycles. The van der Waals surface area contributed by atoms with Crippen molar-refractivity contribution in [3.8, 4) is 0 Å². The molecule has 2 unspecified atom stereocenters. The lowest BCUT2D eigenvalue weighted by atomic mass is 10.1. The number of nitrogens with zero attached hydrogens (tertiary/aromatic N) is 2. The second-order valence-electron chi connectivity index (χ2n) is 5.84. The lowest BCUT2D eigenvalue weighted by Crippen LogP contribution is -2.38. The van der Waals surface area contributed by atoms with Gasteiger partial charge < -0.3 is 10.0 Å². The maximum atomic E-state index is 10.9. The molecule has 0 amide bonds. The predicted octanol–water partition coefficient (Wildman–Crippen LogP) is 1.91.